The summed E-state index contributed by atoms with van der Waals surface area (Å²) in [7, 11) is 0. The second-order valence-electron chi connectivity index (χ2n) is 6.15. The van der Waals surface area contributed by atoms with Gasteiger partial charge in [0.1, 0.15) is 5.82 Å². The molecule has 0 amide bonds. The van der Waals surface area contributed by atoms with Crippen LogP contribution in [0.4, 0.5) is 0 Å². The molecule has 4 aromatic rings. The normalized spacial score (nSPS) is 11.3. The van der Waals surface area contributed by atoms with E-state index in [1.165, 1.54) is 5.56 Å². The lowest BCUT2D eigenvalue weighted by atomic mass is 10.1. The van der Waals surface area contributed by atoms with Gasteiger partial charge < -0.3 is 0 Å². The maximum absolute atomic E-state index is 13.1. The molecule has 0 radical (unpaired) electrons. The van der Waals surface area contributed by atoms with E-state index >= 15 is 0 Å². The van der Waals surface area contributed by atoms with Crippen molar-refractivity contribution in [1.29, 1.82) is 0 Å². The fourth-order valence-corrected chi connectivity index (χ4v) is 3.03. The molecule has 0 N–H and O–H groups in total. The van der Waals surface area contributed by atoms with Gasteiger partial charge in [0.2, 0.25) is 0 Å². The van der Waals surface area contributed by atoms with Crippen LogP contribution in [0.25, 0.3) is 28.7 Å². The van der Waals surface area contributed by atoms with Crippen molar-refractivity contribution < 1.29 is 0 Å². The Balaban J connectivity index is 1.96. The third kappa shape index (κ3) is 2.95. The predicted molar refractivity (Wildman–Crippen MR) is 107 cm³/mol. The van der Waals surface area contributed by atoms with Crippen LogP contribution in [-0.4, -0.2) is 9.55 Å². The van der Waals surface area contributed by atoms with Crippen molar-refractivity contribution in [3.63, 3.8) is 0 Å². The number of aryl methyl sites for hydroxylation is 1. The van der Waals surface area contributed by atoms with E-state index in [0.717, 1.165) is 11.3 Å². The number of para-hydroxylation sites is 2. The number of hydrogen-bond donors (Lipinski definition) is 0. The first-order valence-electron chi connectivity index (χ1n) is 8.55. The average Bonchev–Trinajstić information content (AvgIpc) is 2.68. The standard InChI is InChI=1S/C23H18N2O/c1-17-9-5-6-10-18(17)15-16-22-24-21-14-8-7-13-20(21)23(26)25(22)19-11-3-2-4-12-19/h2-16H,1H3/b16-15-. The molecule has 26 heavy (non-hydrogen) atoms. The van der Waals surface area contributed by atoms with Crippen molar-refractivity contribution >= 4 is 23.1 Å². The second kappa shape index (κ2) is 6.81. The molecule has 3 aromatic carbocycles. The van der Waals surface area contributed by atoms with Gasteiger partial charge in [0.05, 0.1) is 16.6 Å². The van der Waals surface area contributed by atoms with E-state index in [1.807, 2.05) is 78.9 Å². The van der Waals surface area contributed by atoms with Crippen molar-refractivity contribution in [2.45, 2.75) is 6.92 Å². The highest BCUT2D eigenvalue weighted by molar-refractivity contribution is 5.80. The van der Waals surface area contributed by atoms with Gasteiger partial charge in [-0.05, 0) is 48.4 Å². The third-order valence-electron chi connectivity index (χ3n) is 4.42. The molecule has 0 bridgehead atoms. The molecule has 3 nitrogen and oxygen atoms in total. The highest BCUT2D eigenvalue weighted by Gasteiger charge is 2.10. The van der Waals surface area contributed by atoms with Crippen LogP contribution in [0.5, 0.6) is 0 Å². The molecule has 4 rings (SSSR count). The molecule has 1 heterocycles. The van der Waals surface area contributed by atoms with Crippen LogP contribution < -0.4 is 5.56 Å². The van der Waals surface area contributed by atoms with Crippen LogP contribution in [0.2, 0.25) is 0 Å². The van der Waals surface area contributed by atoms with E-state index < -0.39 is 0 Å². The van der Waals surface area contributed by atoms with Crippen LogP contribution in [-0.2, 0) is 0 Å². The quantitative estimate of drug-likeness (QED) is 0.534. The molecule has 0 aliphatic heterocycles. The molecule has 0 spiro atoms. The van der Waals surface area contributed by atoms with Crippen molar-refractivity contribution in [2.24, 2.45) is 0 Å². The molecule has 0 aliphatic carbocycles. The fourth-order valence-electron chi connectivity index (χ4n) is 3.03. The molecule has 0 saturated carbocycles. The van der Waals surface area contributed by atoms with Crippen LogP contribution >= 0.6 is 0 Å². The summed E-state index contributed by atoms with van der Waals surface area (Å²) in [5.74, 6) is 0.614. The van der Waals surface area contributed by atoms with Gasteiger partial charge in [0.25, 0.3) is 5.56 Å². The van der Waals surface area contributed by atoms with Crippen molar-refractivity contribution in [3.05, 3.63) is 106 Å². The smallest absolute Gasteiger partial charge is 0.266 e. The first-order valence-corrected chi connectivity index (χ1v) is 8.55. The van der Waals surface area contributed by atoms with Gasteiger partial charge >= 0.3 is 0 Å². The number of fused-ring (bicyclic) bond motifs is 1. The van der Waals surface area contributed by atoms with Crippen molar-refractivity contribution in [2.75, 3.05) is 0 Å². The Morgan fingerprint density at radius 3 is 2.31 bits per heavy atom. The molecular formula is C23H18N2O. The van der Waals surface area contributed by atoms with Gasteiger partial charge in [-0.15, -0.1) is 0 Å². The Morgan fingerprint density at radius 2 is 1.50 bits per heavy atom. The number of hydrogen-bond acceptors (Lipinski definition) is 2. The molecule has 126 valence electrons. The summed E-state index contributed by atoms with van der Waals surface area (Å²) in [6.45, 7) is 2.07. The predicted octanol–water partition coefficient (Wildman–Crippen LogP) is 4.86. The van der Waals surface area contributed by atoms with Crippen molar-refractivity contribution in [1.82, 2.24) is 9.55 Å². The van der Waals surface area contributed by atoms with Crippen LogP contribution in [0.1, 0.15) is 17.0 Å². The maximum Gasteiger partial charge on any atom is 0.266 e. The summed E-state index contributed by atoms with van der Waals surface area (Å²) in [4.78, 5) is 17.9. The van der Waals surface area contributed by atoms with Gasteiger partial charge in [-0.1, -0.05) is 60.7 Å². The van der Waals surface area contributed by atoms with Gasteiger partial charge in [-0.3, -0.25) is 9.36 Å². The van der Waals surface area contributed by atoms with Gasteiger partial charge in [0, 0.05) is 0 Å². The number of benzene rings is 3. The van der Waals surface area contributed by atoms with Crippen LogP contribution in [0, 0.1) is 6.92 Å². The molecule has 0 unspecified atom stereocenters. The van der Waals surface area contributed by atoms with E-state index in [1.54, 1.807) is 4.57 Å². The van der Waals surface area contributed by atoms with E-state index in [2.05, 4.69) is 19.1 Å². The lowest BCUT2D eigenvalue weighted by Crippen LogP contribution is -2.22. The van der Waals surface area contributed by atoms with Crippen LogP contribution in [0.15, 0.2) is 83.7 Å². The summed E-state index contributed by atoms with van der Waals surface area (Å²) in [6.07, 6.45) is 3.91. The molecular weight excluding hydrogens is 320 g/mol. The summed E-state index contributed by atoms with van der Waals surface area (Å²) in [5.41, 5.74) is 3.73. The molecule has 0 saturated heterocycles. The molecule has 0 atom stereocenters. The summed E-state index contributed by atoms with van der Waals surface area (Å²) >= 11 is 0. The first-order chi connectivity index (χ1) is 12.7. The van der Waals surface area contributed by atoms with Gasteiger partial charge in [-0.25, -0.2) is 4.98 Å². The topological polar surface area (TPSA) is 34.9 Å². The summed E-state index contributed by atoms with van der Waals surface area (Å²) in [5, 5.41) is 0.615. The largest absolute Gasteiger partial charge is 0.268 e. The lowest BCUT2D eigenvalue weighted by molar-refractivity contribution is 0.944. The minimum absolute atomic E-state index is 0.0637. The summed E-state index contributed by atoms with van der Waals surface area (Å²) in [6, 6.07) is 25.2. The molecule has 0 aliphatic rings. The Morgan fingerprint density at radius 1 is 0.808 bits per heavy atom. The Labute approximate surface area is 151 Å². The minimum Gasteiger partial charge on any atom is -0.268 e. The highest BCUT2D eigenvalue weighted by Crippen LogP contribution is 2.16. The molecule has 3 heteroatoms. The number of aromatic nitrogens is 2. The SMILES string of the molecule is Cc1ccccc1/C=C\c1nc2ccccc2c(=O)n1-c1ccccc1. The van der Waals surface area contributed by atoms with E-state index in [-0.39, 0.29) is 5.56 Å². The van der Waals surface area contributed by atoms with Gasteiger partial charge in [0.15, 0.2) is 0 Å². The zero-order chi connectivity index (χ0) is 17.9. The zero-order valence-corrected chi connectivity index (χ0v) is 14.5. The third-order valence-corrected chi connectivity index (χ3v) is 4.42. The maximum atomic E-state index is 13.1. The van der Waals surface area contributed by atoms with E-state index in [0.29, 0.717) is 16.7 Å². The average molecular weight is 338 g/mol. The lowest BCUT2D eigenvalue weighted by Gasteiger charge is -2.11. The fraction of sp³-hybridized carbons (Fsp3) is 0.0435. The van der Waals surface area contributed by atoms with E-state index in [9.17, 15) is 4.79 Å². The Hall–Kier alpha value is -3.46. The summed E-state index contributed by atoms with van der Waals surface area (Å²) < 4.78 is 1.66. The van der Waals surface area contributed by atoms with Gasteiger partial charge in [-0.2, -0.15) is 0 Å². The Bertz CT molecular complexity index is 1160. The second-order valence-corrected chi connectivity index (χ2v) is 6.15. The number of rotatable bonds is 3. The molecule has 0 fully saturated rings. The number of nitrogens with zero attached hydrogens (tertiary/aromatic N) is 2. The van der Waals surface area contributed by atoms with Crippen molar-refractivity contribution in [3.8, 4) is 5.69 Å². The highest BCUT2D eigenvalue weighted by atomic mass is 16.1. The van der Waals surface area contributed by atoms with E-state index in [4.69, 9.17) is 4.98 Å². The zero-order valence-electron chi connectivity index (χ0n) is 14.5. The monoisotopic (exact) mass is 338 g/mol. The van der Waals surface area contributed by atoms with Crippen LogP contribution in [0.3, 0.4) is 0 Å². The molecule has 1 aromatic heterocycles. The Kier molecular flexibility index (Phi) is 4.20. The first kappa shape index (κ1) is 16.0. The minimum atomic E-state index is -0.0637.